The molecular weight excluding hydrogens is 633 g/mol. The second kappa shape index (κ2) is 9.31. The van der Waals surface area contributed by atoms with E-state index in [9.17, 15) is 14.7 Å². The zero-order chi connectivity index (χ0) is 29.0. The van der Waals surface area contributed by atoms with E-state index >= 15 is 0 Å². The number of para-hydroxylation sites is 2. The summed E-state index contributed by atoms with van der Waals surface area (Å²) in [4.78, 5) is 27.4. The number of halogens is 1. The van der Waals surface area contributed by atoms with E-state index in [1.54, 1.807) is 9.13 Å². The molecule has 9 heteroatoms. The van der Waals surface area contributed by atoms with Crippen LogP contribution in [0.4, 0.5) is 9.59 Å². The third kappa shape index (κ3) is 4.30. The molecule has 0 saturated carbocycles. The number of hydrogen-bond acceptors (Lipinski definition) is 5. The quantitative estimate of drug-likeness (QED) is 0.230. The molecule has 0 spiro atoms. The summed E-state index contributed by atoms with van der Waals surface area (Å²) in [6.45, 7) is 14.1. The molecule has 2 aliphatic rings. The predicted molar refractivity (Wildman–Crippen MR) is 153 cm³/mol. The number of carbonyl (C=O) groups is 2. The van der Waals surface area contributed by atoms with Gasteiger partial charge in [-0.15, -0.1) is 0 Å². The lowest BCUT2D eigenvalue weighted by Gasteiger charge is -2.54. The molecule has 2 aromatic carbocycles. The predicted octanol–water partition coefficient (Wildman–Crippen LogP) is 3.26. The van der Waals surface area contributed by atoms with Gasteiger partial charge in [0, 0.05) is 21.9 Å². The largest absolute Gasteiger partial charge is 1.00 e. The first-order valence-corrected chi connectivity index (χ1v) is 13.9. The van der Waals surface area contributed by atoms with Crippen molar-refractivity contribution in [3.05, 3.63) is 71.0 Å². The zero-order valence-electron chi connectivity index (χ0n) is 24.9. The number of quaternary nitrogens is 1. The summed E-state index contributed by atoms with van der Waals surface area (Å²) in [6, 6.07) is 15.1. The van der Waals surface area contributed by atoms with Gasteiger partial charge in [-0.05, 0) is 60.6 Å². The summed E-state index contributed by atoms with van der Waals surface area (Å²) >= 11 is 0. The first-order valence-electron chi connectivity index (χ1n) is 13.9. The number of ether oxygens (including phenoxy) is 2. The maximum absolute atomic E-state index is 13.7. The first-order chi connectivity index (χ1) is 18.6. The van der Waals surface area contributed by atoms with Crippen LogP contribution in [0.25, 0.3) is 21.8 Å². The van der Waals surface area contributed by atoms with Crippen LogP contribution in [-0.4, -0.2) is 55.2 Å². The molecule has 0 aliphatic carbocycles. The van der Waals surface area contributed by atoms with E-state index in [0.717, 1.165) is 22.2 Å². The summed E-state index contributed by atoms with van der Waals surface area (Å²) in [5.74, 6) is 0. The molecule has 0 radical (unpaired) electrons. The molecule has 41 heavy (non-hydrogen) atoms. The molecule has 2 aliphatic heterocycles. The molecule has 0 unspecified atom stereocenters. The number of aliphatic hydroxyl groups is 1. The minimum atomic E-state index is -1.49. The third-order valence-electron chi connectivity index (χ3n) is 8.42. The Bertz CT molecular complexity index is 1600. The Morgan fingerprint density at radius 3 is 1.54 bits per heavy atom. The molecule has 0 fully saturated rings. The molecular formula is C32H38IN3O5. The fourth-order valence-corrected chi connectivity index (χ4v) is 6.78. The molecule has 1 N–H and O–H groups in total. The summed E-state index contributed by atoms with van der Waals surface area (Å²) in [5.41, 5.74) is 1.40. The Balaban J connectivity index is 0.00000337. The van der Waals surface area contributed by atoms with E-state index in [0.29, 0.717) is 39.7 Å². The van der Waals surface area contributed by atoms with Gasteiger partial charge in [0.15, 0.2) is 5.60 Å². The van der Waals surface area contributed by atoms with Crippen molar-refractivity contribution in [3.63, 3.8) is 0 Å². The minimum Gasteiger partial charge on any atom is -1.00 e. The number of rotatable bonds is 0. The third-order valence-corrected chi connectivity index (χ3v) is 8.42. The summed E-state index contributed by atoms with van der Waals surface area (Å²) < 4.78 is 15.4. The number of nitrogens with zero attached hydrogens (tertiary/aromatic N) is 3. The molecule has 2 aromatic heterocycles. The van der Waals surface area contributed by atoms with Crippen molar-refractivity contribution in [2.45, 2.75) is 84.4 Å². The van der Waals surface area contributed by atoms with Crippen LogP contribution >= 0.6 is 0 Å². The number of benzene rings is 2. The number of fused-ring (bicyclic) bond motifs is 10. The molecule has 2 bridgehead atoms. The summed E-state index contributed by atoms with van der Waals surface area (Å²) in [5, 5.41) is 14.7. The smallest absolute Gasteiger partial charge is 0.419 e. The minimum absolute atomic E-state index is 0. The van der Waals surface area contributed by atoms with Gasteiger partial charge in [-0.1, -0.05) is 36.4 Å². The highest BCUT2D eigenvalue weighted by atomic mass is 127. The van der Waals surface area contributed by atoms with Gasteiger partial charge in [0.2, 0.25) is 0 Å². The Morgan fingerprint density at radius 1 is 0.805 bits per heavy atom. The topological polar surface area (TPSA) is 82.7 Å². The Hall–Kier alpha value is -2.89. The van der Waals surface area contributed by atoms with Gasteiger partial charge in [-0.25, -0.2) is 18.7 Å². The van der Waals surface area contributed by atoms with Gasteiger partial charge in [-0.3, -0.25) is 0 Å². The molecule has 4 aromatic rings. The zero-order valence-corrected chi connectivity index (χ0v) is 27.1. The monoisotopic (exact) mass is 671 g/mol. The summed E-state index contributed by atoms with van der Waals surface area (Å²) in [7, 11) is 2.08. The lowest BCUT2D eigenvalue weighted by atomic mass is 9.71. The normalized spacial score (nSPS) is 23.5. The van der Waals surface area contributed by atoms with Crippen LogP contribution in [-0.2, 0) is 28.2 Å². The second-order valence-corrected chi connectivity index (χ2v) is 13.5. The number of aromatic nitrogens is 2. The van der Waals surface area contributed by atoms with Crippen LogP contribution in [0.2, 0.25) is 0 Å². The first kappa shape index (κ1) is 29.6. The fraction of sp³-hybridized carbons (Fsp3) is 0.438. The van der Waals surface area contributed by atoms with E-state index in [4.69, 9.17) is 9.47 Å². The molecule has 1 atom stereocenters. The maximum atomic E-state index is 13.7. The van der Waals surface area contributed by atoms with Crippen molar-refractivity contribution in [2.24, 2.45) is 0 Å². The summed E-state index contributed by atoms with van der Waals surface area (Å²) in [6.07, 6.45) is -0.934. The number of hydrogen-bond donors (Lipinski definition) is 1. The Morgan fingerprint density at radius 2 is 1.17 bits per heavy atom. The fourth-order valence-electron chi connectivity index (χ4n) is 6.78. The molecule has 218 valence electrons. The van der Waals surface area contributed by atoms with Crippen molar-refractivity contribution in [1.82, 2.24) is 9.13 Å². The van der Waals surface area contributed by atoms with Crippen LogP contribution in [0.1, 0.15) is 71.0 Å². The molecule has 0 amide bonds. The number of carbonyl (C=O) groups excluding carboxylic acids is 2. The van der Waals surface area contributed by atoms with E-state index < -0.39 is 29.0 Å². The van der Waals surface area contributed by atoms with Crippen molar-refractivity contribution in [1.29, 1.82) is 0 Å². The van der Waals surface area contributed by atoms with E-state index in [-0.39, 0.29) is 30.0 Å². The van der Waals surface area contributed by atoms with Gasteiger partial charge in [0.05, 0.1) is 29.5 Å². The molecule has 6 rings (SSSR count). The van der Waals surface area contributed by atoms with Crippen molar-refractivity contribution >= 4 is 34.0 Å². The van der Waals surface area contributed by atoms with Gasteiger partial charge in [-0.2, -0.15) is 0 Å². The highest BCUT2D eigenvalue weighted by Crippen LogP contribution is 2.55. The number of likely N-dealkylation sites (N-methyl/N-ethyl adjacent to an activating group) is 1. The van der Waals surface area contributed by atoms with Crippen molar-refractivity contribution < 1.29 is 52.6 Å². The van der Waals surface area contributed by atoms with E-state index in [1.807, 2.05) is 90.1 Å². The van der Waals surface area contributed by atoms with Crippen LogP contribution in [0, 0.1) is 0 Å². The van der Waals surface area contributed by atoms with Gasteiger partial charge >= 0.3 is 12.2 Å². The van der Waals surface area contributed by atoms with E-state index in [2.05, 4.69) is 14.0 Å². The van der Waals surface area contributed by atoms with Crippen LogP contribution < -0.4 is 24.0 Å². The SMILES string of the molecule is C[C@H]1C2(O)c3c(n(C(=O)OC(C)(C)C)c4ccccc34)C[N+]1(C)Cc1c2c2ccccc2n1C(=O)OC(C)(C)C.[I-]. The standard InChI is InChI=1S/C32H38N3O5.HI/c1-19-32(38)26-20-13-9-11-15-22(20)33(28(36)39-30(2,3)4)24(26)17-35(19,8)18-25-27(32)21-14-10-12-16-23(21)34(25)29(37)40-31(5,6)7;/h9-16,19,38H,17-18H2,1-8H3;1H/q+1;/p-1/t19-,32?,35?;/m0./s1. The van der Waals surface area contributed by atoms with Gasteiger partial charge < -0.3 is 43.0 Å². The molecule has 8 nitrogen and oxygen atoms in total. The van der Waals surface area contributed by atoms with Crippen LogP contribution in [0.5, 0.6) is 0 Å². The lowest BCUT2D eigenvalue weighted by Crippen LogP contribution is -3.00. The highest BCUT2D eigenvalue weighted by Gasteiger charge is 2.61. The Labute approximate surface area is 257 Å². The molecule has 4 heterocycles. The highest BCUT2D eigenvalue weighted by molar-refractivity contribution is 5.98. The lowest BCUT2D eigenvalue weighted by molar-refractivity contribution is -0.969. The molecule has 0 saturated heterocycles. The average molecular weight is 672 g/mol. The average Bonchev–Trinajstić information content (AvgIpc) is 3.32. The maximum Gasteiger partial charge on any atom is 0.419 e. The van der Waals surface area contributed by atoms with Crippen LogP contribution in [0.3, 0.4) is 0 Å². The second-order valence-electron chi connectivity index (χ2n) is 13.5. The Kier molecular flexibility index (Phi) is 6.72. The van der Waals surface area contributed by atoms with Crippen LogP contribution in [0.15, 0.2) is 48.5 Å². The van der Waals surface area contributed by atoms with Crippen molar-refractivity contribution in [2.75, 3.05) is 7.05 Å². The van der Waals surface area contributed by atoms with Gasteiger partial charge in [0.1, 0.15) is 30.3 Å². The van der Waals surface area contributed by atoms with Gasteiger partial charge in [0.25, 0.3) is 0 Å². The van der Waals surface area contributed by atoms with E-state index in [1.165, 1.54) is 0 Å². The van der Waals surface area contributed by atoms with Crippen molar-refractivity contribution in [3.8, 4) is 0 Å².